The van der Waals surface area contributed by atoms with Crippen LogP contribution >= 0.6 is 0 Å². The number of carbonyl (C=O) groups excluding carboxylic acids is 1. The summed E-state index contributed by atoms with van der Waals surface area (Å²) in [6.07, 6.45) is 2.03. The molecule has 31 heavy (non-hydrogen) atoms. The molecule has 1 N–H and O–H groups in total. The summed E-state index contributed by atoms with van der Waals surface area (Å²) in [4.78, 5) is 22.0. The number of fused-ring (bicyclic) bond motifs is 1. The first-order chi connectivity index (χ1) is 14.6. The van der Waals surface area contributed by atoms with E-state index < -0.39 is 11.6 Å². The summed E-state index contributed by atoms with van der Waals surface area (Å²) in [5.41, 5.74) is 2.62. The number of aromatic nitrogens is 1. The van der Waals surface area contributed by atoms with Gasteiger partial charge in [0.2, 0.25) is 5.91 Å². The van der Waals surface area contributed by atoms with Crippen molar-refractivity contribution in [2.45, 2.75) is 51.6 Å². The minimum absolute atomic E-state index is 0.0553. The zero-order valence-corrected chi connectivity index (χ0v) is 18.6. The third kappa shape index (κ3) is 4.48. The zero-order valence-electron chi connectivity index (χ0n) is 18.6. The molecule has 1 aromatic carbocycles. The van der Waals surface area contributed by atoms with Gasteiger partial charge in [-0.3, -0.25) is 14.7 Å². The normalized spacial score (nSPS) is 23.1. The molecular formula is C24H30F2N4O. The average Bonchev–Trinajstić information content (AvgIpc) is 2.97. The Bertz CT molecular complexity index is 994. The molecule has 0 bridgehead atoms. The maximum absolute atomic E-state index is 14.1. The molecule has 0 aliphatic carbocycles. The SMILES string of the molecule is C[C@@H]1CN(CC(=O)N2CC(C)(C)c3ncc(Cc4ccc(F)cc4F)cc32)[C@@H](C)CN1. The lowest BCUT2D eigenvalue weighted by Gasteiger charge is -2.37. The Morgan fingerprint density at radius 2 is 2.03 bits per heavy atom. The fourth-order valence-corrected chi connectivity index (χ4v) is 4.56. The van der Waals surface area contributed by atoms with Crippen molar-refractivity contribution in [1.82, 2.24) is 15.2 Å². The second-order valence-corrected chi connectivity index (χ2v) is 9.58. The first-order valence-electron chi connectivity index (χ1n) is 10.8. The monoisotopic (exact) mass is 428 g/mol. The highest BCUT2D eigenvalue weighted by Gasteiger charge is 2.40. The van der Waals surface area contributed by atoms with E-state index in [1.807, 2.05) is 11.0 Å². The molecule has 2 aliphatic heterocycles. The first kappa shape index (κ1) is 21.8. The lowest BCUT2D eigenvalue weighted by molar-refractivity contribution is -0.120. The molecule has 3 heterocycles. The molecule has 2 aromatic rings. The van der Waals surface area contributed by atoms with Gasteiger partial charge in [0.05, 0.1) is 17.9 Å². The topological polar surface area (TPSA) is 48.5 Å². The average molecular weight is 429 g/mol. The van der Waals surface area contributed by atoms with Gasteiger partial charge in [0, 0.05) is 55.8 Å². The minimum atomic E-state index is -0.594. The van der Waals surface area contributed by atoms with Gasteiger partial charge >= 0.3 is 0 Å². The number of rotatable bonds is 4. The number of amides is 1. The lowest BCUT2D eigenvalue weighted by atomic mass is 9.91. The standard InChI is InChI=1S/C24H30F2N4O/c1-15-12-29(16(2)10-27-15)13-22(31)30-14-24(3,4)23-21(30)8-17(11-28-23)7-18-5-6-19(25)9-20(18)26/h5-6,8-9,11,15-16,27H,7,10,12-14H2,1-4H3/t15-,16+/m1/s1. The highest BCUT2D eigenvalue weighted by atomic mass is 19.1. The summed E-state index contributed by atoms with van der Waals surface area (Å²) in [5.74, 6) is -1.11. The fraction of sp³-hybridized carbons (Fsp3) is 0.500. The number of anilines is 1. The van der Waals surface area contributed by atoms with Crippen molar-refractivity contribution in [3.05, 3.63) is 58.9 Å². The van der Waals surface area contributed by atoms with Gasteiger partial charge in [0.1, 0.15) is 11.6 Å². The number of carbonyl (C=O) groups is 1. The van der Waals surface area contributed by atoms with Crippen LogP contribution in [0.15, 0.2) is 30.5 Å². The van der Waals surface area contributed by atoms with Crippen LogP contribution in [0.25, 0.3) is 0 Å². The zero-order chi connectivity index (χ0) is 22.3. The second-order valence-electron chi connectivity index (χ2n) is 9.58. The van der Waals surface area contributed by atoms with E-state index in [4.69, 9.17) is 0 Å². The molecule has 0 radical (unpaired) electrons. The van der Waals surface area contributed by atoms with Crippen molar-refractivity contribution in [2.24, 2.45) is 0 Å². The molecule has 0 saturated carbocycles. The third-order valence-corrected chi connectivity index (χ3v) is 6.35. The van der Waals surface area contributed by atoms with E-state index in [2.05, 4.69) is 42.9 Å². The van der Waals surface area contributed by atoms with Crippen LogP contribution in [0.4, 0.5) is 14.5 Å². The van der Waals surface area contributed by atoms with Crippen LogP contribution in [-0.2, 0) is 16.6 Å². The van der Waals surface area contributed by atoms with Gasteiger partial charge in [-0.25, -0.2) is 8.78 Å². The number of nitrogens with zero attached hydrogens (tertiary/aromatic N) is 3. The smallest absolute Gasteiger partial charge is 0.241 e. The number of halogens is 2. The van der Waals surface area contributed by atoms with Crippen molar-refractivity contribution in [1.29, 1.82) is 0 Å². The van der Waals surface area contributed by atoms with Gasteiger partial charge < -0.3 is 10.2 Å². The molecule has 0 unspecified atom stereocenters. The Morgan fingerprint density at radius 3 is 2.77 bits per heavy atom. The number of piperazine rings is 1. The predicted octanol–water partition coefficient (Wildman–Crippen LogP) is 3.26. The highest BCUT2D eigenvalue weighted by molar-refractivity contribution is 5.97. The summed E-state index contributed by atoms with van der Waals surface area (Å²) in [6, 6.07) is 6.18. The Kier molecular flexibility index (Phi) is 5.83. The summed E-state index contributed by atoms with van der Waals surface area (Å²) in [7, 11) is 0. The summed E-state index contributed by atoms with van der Waals surface area (Å²) < 4.78 is 27.4. The van der Waals surface area contributed by atoms with Gasteiger partial charge in [-0.05, 0) is 37.1 Å². The van der Waals surface area contributed by atoms with Gasteiger partial charge in [-0.2, -0.15) is 0 Å². The van der Waals surface area contributed by atoms with Gasteiger partial charge in [0.25, 0.3) is 0 Å². The van der Waals surface area contributed by atoms with Crippen molar-refractivity contribution in [3.63, 3.8) is 0 Å². The van der Waals surface area contributed by atoms with E-state index in [1.165, 1.54) is 12.1 Å². The quantitative estimate of drug-likeness (QED) is 0.812. The van der Waals surface area contributed by atoms with E-state index in [9.17, 15) is 13.6 Å². The molecule has 1 fully saturated rings. The van der Waals surface area contributed by atoms with Crippen LogP contribution in [0.1, 0.15) is 44.5 Å². The van der Waals surface area contributed by atoms with Crippen LogP contribution < -0.4 is 10.2 Å². The van der Waals surface area contributed by atoms with Gasteiger partial charge in [-0.15, -0.1) is 0 Å². The molecule has 166 valence electrons. The van der Waals surface area contributed by atoms with Gasteiger partial charge in [0.15, 0.2) is 0 Å². The Morgan fingerprint density at radius 1 is 1.26 bits per heavy atom. The number of nitrogens with one attached hydrogen (secondary N) is 1. The molecule has 4 rings (SSSR count). The number of benzene rings is 1. The molecule has 2 aliphatic rings. The summed E-state index contributed by atoms with van der Waals surface area (Å²) >= 11 is 0. The molecule has 0 spiro atoms. The van der Waals surface area contributed by atoms with Crippen LogP contribution in [0.5, 0.6) is 0 Å². The van der Waals surface area contributed by atoms with Gasteiger partial charge in [-0.1, -0.05) is 19.9 Å². The van der Waals surface area contributed by atoms with Crippen LogP contribution in [0.3, 0.4) is 0 Å². The maximum Gasteiger partial charge on any atom is 0.241 e. The molecule has 1 amide bonds. The first-order valence-corrected chi connectivity index (χ1v) is 10.8. The lowest BCUT2D eigenvalue weighted by Crippen LogP contribution is -2.56. The van der Waals surface area contributed by atoms with Crippen molar-refractivity contribution < 1.29 is 13.6 Å². The molecular weight excluding hydrogens is 398 g/mol. The van der Waals surface area contributed by atoms with E-state index >= 15 is 0 Å². The number of pyridine rings is 1. The summed E-state index contributed by atoms with van der Waals surface area (Å²) in [6.45, 7) is 11.1. The van der Waals surface area contributed by atoms with Crippen molar-refractivity contribution in [3.8, 4) is 0 Å². The van der Waals surface area contributed by atoms with Crippen molar-refractivity contribution in [2.75, 3.05) is 31.1 Å². The molecule has 5 nitrogen and oxygen atoms in total. The minimum Gasteiger partial charge on any atom is -0.311 e. The number of hydrogen-bond donors (Lipinski definition) is 1. The Balaban J connectivity index is 1.58. The van der Waals surface area contributed by atoms with E-state index in [1.54, 1.807) is 6.20 Å². The summed E-state index contributed by atoms with van der Waals surface area (Å²) in [5, 5.41) is 3.44. The highest BCUT2D eigenvalue weighted by Crippen LogP contribution is 2.39. The van der Waals surface area contributed by atoms with E-state index in [0.29, 0.717) is 37.2 Å². The van der Waals surface area contributed by atoms with Crippen LogP contribution in [0, 0.1) is 11.6 Å². The Labute approximate surface area is 182 Å². The number of hydrogen-bond acceptors (Lipinski definition) is 4. The molecule has 1 aromatic heterocycles. The molecule has 2 atom stereocenters. The van der Waals surface area contributed by atoms with E-state index in [0.717, 1.165) is 36.1 Å². The van der Waals surface area contributed by atoms with Crippen molar-refractivity contribution >= 4 is 11.6 Å². The fourth-order valence-electron chi connectivity index (χ4n) is 4.56. The second kappa shape index (κ2) is 8.28. The van der Waals surface area contributed by atoms with Crippen LogP contribution in [0.2, 0.25) is 0 Å². The molecule has 1 saturated heterocycles. The predicted molar refractivity (Wildman–Crippen MR) is 117 cm³/mol. The third-order valence-electron chi connectivity index (χ3n) is 6.35. The van der Waals surface area contributed by atoms with Crippen LogP contribution in [-0.4, -0.2) is 54.1 Å². The Hall–Kier alpha value is -2.38. The molecule has 7 heteroatoms. The largest absolute Gasteiger partial charge is 0.311 e. The maximum atomic E-state index is 14.1. The van der Waals surface area contributed by atoms with E-state index in [-0.39, 0.29) is 11.3 Å².